The van der Waals surface area contributed by atoms with E-state index in [-0.39, 0.29) is 5.97 Å². The number of hydrogen-bond donors (Lipinski definition) is 1. The van der Waals surface area contributed by atoms with Gasteiger partial charge in [0.25, 0.3) is 0 Å². The van der Waals surface area contributed by atoms with Crippen molar-refractivity contribution in [3.05, 3.63) is 47.1 Å². The fourth-order valence-corrected chi connectivity index (χ4v) is 4.20. The third-order valence-corrected chi connectivity index (χ3v) is 5.81. The topological polar surface area (TPSA) is 55.6 Å². The number of fused-ring (bicyclic) bond motifs is 1. The maximum absolute atomic E-state index is 11.7. The van der Waals surface area contributed by atoms with E-state index in [9.17, 15) is 4.79 Å². The van der Waals surface area contributed by atoms with Crippen LogP contribution in [0.5, 0.6) is 5.75 Å². The Labute approximate surface area is 179 Å². The number of anilines is 1. The number of benzene rings is 1. The van der Waals surface area contributed by atoms with Crippen molar-refractivity contribution in [1.29, 1.82) is 0 Å². The molecule has 0 aliphatic heterocycles. The lowest BCUT2D eigenvalue weighted by molar-refractivity contribution is -0.134. The van der Waals surface area contributed by atoms with E-state index in [0.29, 0.717) is 18.2 Å². The highest BCUT2D eigenvalue weighted by atomic mass is 79.9. The number of nitrogens with one attached hydrogen (secondary N) is 1. The number of aromatic nitrogens is 2. The molecule has 0 unspecified atom stereocenters. The third kappa shape index (κ3) is 4.64. The molecule has 1 aromatic carbocycles. The van der Waals surface area contributed by atoms with Crippen LogP contribution in [-0.2, 0) is 4.79 Å². The minimum Gasteiger partial charge on any atom is -0.427 e. The number of ether oxygens (including phenoxy) is 1. The van der Waals surface area contributed by atoms with Crippen molar-refractivity contribution in [1.82, 2.24) is 9.38 Å². The van der Waals surface area contributed by atoms with E-state index in [0.717, 1.165) is 33.6 Å². The number of halogens is 1. The zero-order valence-corrected chi connectivity index (χ0v) is 18.2. The molecule has 4 rings (SSSR count). The normalized spacial score (nSPS) is 14.8. The van der Waals surface area contributed by atoms with Crippen molar-refractivity contribution in [2.45, 2.75) is 57.9 Å². The summed E-state index contributed by atoms with van der Waals surface area (Å²) in [5.41, 5.74) is 2.82. The number of esters is 1. The zero-order valence-electron chi connectivity index (χ0n) is 16.7. The van der Waals surface area contributed by atoms with Crippen molar-refractivity contribution in [3.63, 3.8) is 0 Å². The standard InChI is InChI=1S/C23H26BrN3O2/c1-2-6-21(28)29-19-12-9-16(10-13-19)22-23(25-18-7-4-3-5-8-18)27-15-17(24)11-14-20(27)26-22/h9-15,18,25H,2-8H2,1H3. The highest BCUT2D eigenvalue weighted by Gasteiger charge is 2.20. The molecule has 29 heavy (non-hydrogen) atoms. The number of carbonyl (C=O) groups is 1. The first kappa shape index (κ1) is 20.0. The van der Waals surface area contributed by atoms with E-state index in [1.807, 2.05) is 43.3 Å². The molecule has 0 saturated heterocycles. The SMILES string of the molecule is CCCC(=O)Oc1ccc(-c2nc3ccc(Br)cn3c2NC2CCCCC2)cc1. The summed E-state index contributed by atoms with van der Waals surface area (Å²) in [6, 6.07) is 12.1. The summed E-state index contributed by atoms with van der Waals surface area (Å²) in [7, 11) is 0. The minimum absolute atomic E-state index is 0.197. The Kier molecular flexibility index (Phi) is 6.19. The highest BCUT2D eigenvalue weighted by Crippen LogP contribution is 2.33. The van der Waals surface area contributed by atoms with Gasteiger partial charge in [-0.2, -0.15) is 0 Å². The summed E-state index contributed by atoms with van der Waals surface area (Å²) in [6.45, 7) is 1.97. The molecule has 0 amide bonds. The second kappa shape index (κ2) is 8.99. The molecule has 2 heterocycles. The average molecular weight is 456 g/mol. The second-order valence-corrected chi connectivity index (χ2v) is 8.53. The van der Waals surface area contributed by atoms with Crippen LogP contribution in [0.2, 0.25) is 0 Å². The van der Waals surface area contributed by atoms with Crippen LogP contribution in [0.25, 0.3) is 16.9 Å². The summed E-state index contributed by atoms with van der Waals surface area (Å²) < 4.78 is 8.51. The van der Waals surface area contributed by atoms with Crippen LogP contribution < -0.4 is 10.1 Å². The van der Waals surface area contributed by atoms with Gasteiger partial charge in [-0.05, 0) is 71.6 Å². The Bertz CT molecular complexity index is 991. The molecule has 0 bridgehead atoms. The number of hydrogen-bond acceptors (Lipinski definition) is 4. The quantitative estimate of drug-likeness (QED) is 0.354. The summed E-state index contributed by atoms with van der Waals surface area (Å²) in [4.78, 5) is 16.6. The zero-order chi connectivity index (χ0) is 20.2. The van der Waals surface area contributed by atoms with Crippen LogP contribution in [0.15, 0.2) is 47.1 Å². The molecule has 5 nitrogen and oxygen atoms in total. The number of nitrogens with zero attached hydrogens (tertiary/aromatic N) is 2. The Balaban J connectivity index is 1.66. The van der Waals surface area contributed by atoms with Crippen molar-refractivity contribution in [2.75, 3.05) is 5.32 Å². The summed E-state index contributed by atoms with van der Waals surface area (Å²) >= 11 is 3.58. The smallest absolute Gasteiger partial charge is 0.311 e. The van der Waals surface area contributed by atoms with Gasteiger partial charge in [0.05, 0.1) is 0 Å². The van der Waals surface area contributed by atoms with E-state index in [2.05, 4.69) is 31.8 Å². The first-order valence-electron chi connectivity index (χ1n) is 10.4. The Morgan fingerprint density at radius 1 is 1.17 bits per heavy atom. The number of pyridine rings is 1. The Hall–Kier alpha value is -2.34. The van der Waals surface area contributed by atoms with E-state index in [1.54, 1.807) is 0 Å². The lowest BCUT2D eigenvalue weighted by Crippen LogP contribution is -2.23. The molecule has 0 spiro atoms. The van der Waals surface area contributed by atoms with Crippen LogP contribution in [0.4, 0.5) is 5.82 Å². The largest absolute Gasteiger partial charge is 0.427 e. The van der Waals surface area contributed by atoms with Gasteiger partial charge in [0.15, 0.2) is 0 Å². The molecule has 0 atom stereocenters. The molecule has 3 aromatic rings. The van der Waals surface area contributed by atoms with Crippen molar-refractivity contribution < 1.29 is 9.53 Å². The molecule has 6 heteroatoms. The van der Waals surface area contributed by atoms with E-state index < -0.39 is 0 Å². The van der Waals surface area contributed by atoms with Crippen molar-refractivity contribution in [2.24, 2.45) is 0 Å². The second-order valence-electron chi connectivity index (χ2n) is 7.61. The maximum Gasteiger partial charge on any atom is 0.311 e. The van der Waals surface area contributed by atoms with E-state index in [1.165, 1.54) is 32.1 Å². The average Bonchev–Trinajstić information content (AvgIpc) is 3.07. The first-order valence-corrected chi connectivity index (χ1v) is 11.2. The molecule has 1 saturated carbocycles. The van der Waals surface area contributed by atoms with Crippen LogP contribution in [0.1, 0.15) is 51.9 Å². The van der Waals surface area contributed by atoms with Crippen LogP contribution in [0.3, 0.4) is 0 Å². The summed E-state index contributed by atoms with van der Waals surface area (Å²) in [5.74, 6) is 1.39. The summed E-state index contributed by atoms with van der Waals surface area (Å²) in [5, 5.41) is 3.76. The van der Waals surface area contributed by atoms with Crippen molar-refractivity contribution in [3.8, 4) is 17.0 Å². The molecule has 2 aromatic heterocycles. The Morgan fingerprint density at radius 3 is 2.66 bits per heavy atom. The number of imidazole rings is 1. The van der Waals surface area contributed by atoms with Crippen molar-refractivity contribution >= 4 is 33.4 Å². The van der Waals surface area contributed by atoms with Crippen LogP contribution in [0, 0.1) is 0 Å². The molecule has 1 aliphatic carbocycles. The lowest BCUT2D eigenvalue weighted by Gasteiger charge is -2.24. The van der Waals surface area contributed by atoms with Gasteiger partial charge in [0, 0.05) is 28.7 Å². The molecule has 1 aliphatic rings. The molecule has 0 radical (unpaired) electrons. The van der Waals surface area contributed by atoms with Crippen LogP contribution >= 0.6 is 15.9 Å². The van der Waals surface area contributed by atoms with Gasteiger partial charge in [-0.25, -0.2) is 4.98 Å². The predicted octanol–water partition coefficient (Wildman–Crippen LogP) is 6.21. The van der Waals surface area contributed by atoms with Crippen LogP contribution in [-0.4, -0.2) is 21.4 Å². The van der Waals surface area contributed by atoms with Gasteiger partial charge >= 0.3 is 5.97 Å². The number of carbonyl (C=O) groups excluding carboxylic acids is 1. The first-order chi connectivity index (χ1) is 14.1. The fourth-order valence-electron chi connectivity index (χ4n) is 3.87. The fraction of sp³-hybridized carbons (Fsp3) is 0.391. The van der Waals surface area contributed by atoms with Gasteiger partial charge in [-0.1, -0.05) is 26.2 Å². The molecular formula is C23H26BrN3O2. The number of rotatable bonds is 6. The molecular weight excluding hydrogens is 430 g/mol. The Morgan fingerprint density at radius 2 is 1.93 bits per heavy atom. The summed E-state index contributed by atoms with van der Waals surface area (Å²) in [6.07, 6.45) is 9.50. The monoisotopic (exact) mass is 455 g/mol. The molecule has 152 valence electrons. The molecule has 1 N–H and O–H groups in total. The van der Waals surface area contributed by atoms with Gasteiger partial charge < -0.3 is 10.1 Å². The van der Waals surface area contributed by atoms with E-state index in [4.69, 9.17) is 9.72 Å². The minimum atomic E-state index is -0.197. The van der Waals surface area contributed by atoms with Gasteiger partial charge in [0.1, 0.15) is 22.9 Å². The lowest BCUT2D eigenvalue weighted by atomic mass is 9.95. The van der Waals surface area contributed by atoms with Gasteiger partial charge in [0.2, 0.25) is 0 Å². The third-order valence-electron chi connectivity index (χ3n) is 5.34. The predicted molar refractivity (Wildman–Crippen MR) is 119 cm³/mol. The van der Waals surface area contributed by atoms with E-state index >= 15 is 0 Å². The van der Waals surface area contributed by atoms with Gasteiger partial charge in [-0.15, -0.1) is 0 Å². The maximum atomic E-state index is 11.7. The highest BCUT2D eigenvalue weighted by molar-refractivity contribution is 9.10. The van der Waals surface area contributed by atoms with Gasteiger partial charge in [-0.3, -0.25) is 9.20 Å². The molecule has 1 fully saturated rings.